The van der Waals surface area contributed by atoms with E-state index in [1.165, 1.54) is 12.7 Å². The fourth-order valence-electron chi connectivity index (χ4n) is 6.54. The summed E-state index contributed by atoms with van der Waals surface area (Å²) in [5.74, 6) is 1.14. The normalized spacial score (nSPS) is 16.0. The third-order valence-corrected chi connectivity index (χ3v) is 10.1. The molecule has 6 rings (SSSR count). The Hall–Kier alpha value is -4.09. The number of carbonyl (C=O) groups excluding carboxylic acids is 2. The van der Waals surface area contributed by atoms with Gasteiger partial charge in [-0.05, 0) is 63.4 Å². The molecule has 2 aliphatic rings. The summed E-state index contributed by atoms with van der Waals surface area (Å²) in [5.41, 5.74) is 6.11. The first-order chi connectivity index (χ1) is 24.3. The molecule has 2 aromatic carbocycles. The molecule has 0 unspecified atom stereocenters. The minimum atomic E-state index is -0.645. The standard InChI is InChI=1S/C38H40Cl3N5O5/c1-38(2,3)51-37(48)43-18-27-29(39)17-30(45-36(27)50-5)26-8-6-7-24(33(26)40)25-11-13-42-35(34(25)41)22-15-21-12-14-46(19-23-9-10-32(47)44-23)20-28(21)31(16-22)49-4/h6-8,11,13,15-17,23H,9-10,12,14,18-20H2,1-5H3,(H,43,48)(H,44,47)/t23-/m0/s1. The Kier molecular flexibility index (Phi) is 11.0. The number of ether oxygens (including phenoxy) is 3. The molecular formula is C38H40Cl3N5O5. The zero-order chi connectivity index (χ0) is 36.4. The highest BCUT2D eigenvalue weighted by Gasteiger charge is 2.28. The fourth-order valence-corrected chi connectivity index (χ4v) is 7.44. The third-order valence-electron chi connectivity index (χ3n) is 8.93. The second-order valence-electron chi connectivity index (χ2n) is 13.6. The lowest BCUT2D eigenvalue weighted by molar-refractivity contribution is -0.119. The van der Waals surface area contributed by atoms with Crippen LogP contribution in [-0.2, 0) is 29.0 Å². The van der Waals surface area contributed by atoms with Crippen LogP contribution < -0.4 is 20.1 Å². The average molecular weight is 753 g/mol. The van der Waals surface area contributed by atoms with Gasteiger partial charge in [0.25, 0.3) is 0 Å². The van der Waals surface area contributed by atoms with E-state index in [4.69, 9.17) is 54.0 Å². The van der Waals surface area contributed by atoms with Gasteiger partial charge >= 0.3 is 6.09 Å². The number of rotatable bonds is 9. The molecule has 4 heterocycles. The van der Waals surface area contributed by atoms with Gasteiger partial charge in [-0.2, -0.15) is 0 Å². The number of hydrogen-bond donors (Lipinski definition) is 2. The Bertz CT molecular complexity index is 1970. The van der Waals surface area contributed by atoms with E-state index in [-0.39, 0.29) is 24.4 Å². The van der Waals surface area contributed by atoms with Gasteiger partial charge in [-0.1, -0.05) is 53.0 Å². The van der Waals surface area contributed by atoms with Gasteiger partial charge in [-0.3, -0.25) is 14.7 Å². The number of carbonyl (C=O) groups is 2. The van der Waals surface area contributed by atoms with Crippen LogP contribution in [0.25, 0.3) is 33.6 Å². The highest BCUT2D eigenvalue weighted by Crippen LogP contribution is 2.43. The molecule has 2 N–H and O–H groups in total. The zero-order valence-corrected chi connectivity index (χ0v) is 31.4. The van der Waals surface area contributed by atoms with Gasteiger partial charge in [0.1, 0.15) is 11.4 Å². The Labute approximate surface area is 312 Å². The molecule has 1 saturated heterocycles. The van der Waals surface area contributed by atoms with Gasteiger partial charge in [-0.15, -0.1) is 0 Å². The van der Waals surface area contributed by atoms with Gasteiger partial charge in [0, 0.05) is 66.1 Å². The first kappa shape index (κ1) is 36.7. The molecule has 0 radical (unpaired) electrons. The van der Waals surface area contributed by atoms with Crippen LogP contribution in [0.5, 0.6) is 11.6 Å². The van der Waals surface area contributed by atoms with Gasteiger partial charge in [0.05, 0.1) is 52.8 Å². The number of alkyl carbamates (subject to hydrolysis) is 1. The van der Waals surface area contributed by atoms with Gasteiger partial charge in [0.2, 0.25) is 11.8 Å². The van der Waals surface area contributed by atoms with E-state index in [0.717, 1.165) is 49.4 Å². The number of fused-ring (bicyclic) bond motifs is 1. The van der Waals surface area contributed by atoms with Crippen molar-refractivity contribution < 1.29 is 23.8 Å². The van der Waals surface area contributed by atoms with Crippen molar-refractivity contribution in [1.82, 2.24) is 25.5 Å². The van der Waals surface area contributed by atoms with Gasteiger partial charge in [-0.25, -0.2) is 9.78 Å². The summed E-state index contributed by atoms with van der Waals surface area (Å²) in [4.78, 5) is 35.7. The van der Waals surface area contributed by atoms with E-state index < -0.39 is 11.7 Å². The summed E-state index contributed by atoms with van der Waals surface area (Å²) in [6, 6.07) is 13.4. The molecular weight excluding hydrogens is 713 g/mol. The number of aromatic nitrogens is 2. The van der Waals surface area contributed by atoms with Crippen molar-refractivity contribution in [3.63, 3.8) is 0 Å². The molecule has 13 heteroatoms. The van der Waals surface area contributed by atoms with Crippen molar-refractivity contribution in [2.24, 2.45) is 0 Å². The molecule has 51 heavy (non-hydrogen) atoms. The van der Waals surface area contributed by atoms with E-state index in [1.807, 2.05) is 30.3 Å². The molecule has 0 aliphatic carbocycles. The quantitative estimate of drug-likeness (QED) is 0.176. The maximum Gasteiger partial charge on any atom is 0.407 e. The topological polar surface area (TPSA) is 115 Å². The second-order valence-corrected chi connectivity index (χ2v) is 14.8. The number of nitrogens with one attached hydrogen (secondary N) is 2. The largest absolute Gasteiger partial charge is 0.496 e. The summed E-state index contributed by atoms with van der Waals surface area (Å²) in [6.45, 7) is 7.84. The first-order valence-electron chi connectivity index (χ1n) is 16.7. The van der Waals surface area contributed by atoms with E-state index in [0.29, 0.717) is 55.1 Å². The first-order valence-corrected chi connectivity index (χ1v) is 17.8. The Morgan fingerprint density at radius 2 is 1.78 bits per heavy atom. The van der Waals surface area contributed by atoms with Crippen LogP contribution in [0.3, 0.4) is 0 Å². The highest BCUT2D eigenvalue weighted by molar-refractivity contribution is 6.39. The van der Waals surface area contributed by atoms with Crippen molar-refractivity contribution >= 4 is 46.8 Å². The summed E-state index contributed by atoms with van der Waals surface area (Å²) < 4.78 is 16.8. The number of hydrogen-bond acceptors (Lipinski definition) is 8. The van der Waals surface area contributed by atoms with Crippen molar-refractivity contribution in [2.45, 2.75) is 64.8 Å². The summed E-state index contributed by atoms with van der Waals surface area (Å²) in [6.07, 6.45) is 3.43. The maximum absolute atomic E-state index is 12.3. The molecule has 0 saturated carbocycles. The van der Waals surface area contributed by atoms with E-state index >= 15 is 0 Å². The Morgan fingerprint density at radius 3 is 2.49 bits per heavy atom. The minimum Gasteiger partial charge on any atom is -0.496 e. The minimum absolute atomic E-state index is 0.0548. The number of benzene rings is 2. The Balaban J connectivity index is 1.28. The average Bonchev–Trinajstić information content (AvgIpc) is 3.50. The van der Waals surface area contributed by atoms with Crippen molar-refractivity contribution in [1.29, 1.82) is 0 Å². The molecule has 2 aromatic heterocycles. The van der Waals surface area contributed by atoms with Gasteiger partial charge in [0.15, 0.2) is 0 Å². The SMILES string of the molecule is COc1cc(-c2nccc(-c3cccc(-c4cc(Cl)c(CNC(=O)OC(C)(C)C)c(OC)n4)c3Cl)c2Cl)cc2c1CN(C[C@@H]1CCC(=O)N1)CC2. The summed E-state index contributed by atoms with van der Waals surface area (Å²) in [7, 11) is 3.16. The van der Waals surface area contributed by atoms with E-state index in [9.17, 15) is 9.59 Å². The lowest BCUT2D eigenvalue weighted by Gasteiger charge is -2.32. The van der Waals surface area contributed by atoms with Crippen LogP contribution in [0.1, 0.15) is 50.3 Å². The monoisotopic (exact) mass is 751 g/mol. The molecule has 4 aromatic rings. The molecule has 10 nitrogen and oxygen atoms in total. The maximum atomic E-state index is 12.3. The van der Waals surface area contributed by atoms with E-state index in [2.05, 4.69) is 26.6 Å². The van der Waals surface area contributed by atoms with Crippen molar-refractivity contribution in [3.05, 3.63) is 80.4 Å². The number of nitrogens with zero attached hydrogens (tertiary/aromatic N) is 3. The lowest BCUT2D eigenvalue weighted by Crippen LogP contribution is -2.41. The third kappa shape index (κ3) is 8.20. The molecule has 0 bridgehead atoms. The number of amides is 2. The molecule has 268 valence electrons. The summed E-state index contributed by atoms with van der Waals surface area (Å²) in [5, 5.41) is 6.98. The molecule has 2 aliphatic heterocycles. The van der Waals surface area contributed by atoms with Gasteiger partial charge < -0.3 is 24.8 Å². The predicted molar refractivity (Wildman–Crippen MR) is 200 cm³/mol. The number of methoxy groups -OCH3 is 2. The van der Waals surface area contributed by atoms with Crippen LogP contribution in [0, 0.1) is 0 Å². The van der Waals surface area contributed by atoms with Crippen LogP contribution in [0.4, 0.5) is 4.79 Å². The highest BCUT2D eigenvalue weighted by atomic mass is 35.5. The lowest BCUT2D eigenvalue weighted by atomic mass is 9.93. The molecule has 0 spiro atoms. The molecule has 2 amide bonds. The second kappa shape index (κ2) is 15.3. The summed E-state index contributed by atoms with van der Waals surface area (Å²) >= 11 is 21.0. The fraction of sp³-hybridized carbons (Fsp3) is 0.368. The Morgan fingerprint density at radius 1 is 1.02 bits per heavy atom. The van der Waals surface area contributed by atoms with Crippen molar-refractivity contribution in [3.8, 4) is 45.3 Å². The van der Waals surface area contributed by atoms with Crippen LogP contribution in [0.15, 0.2) is 48.7 Å². The van der Waals surface area contributed by atoms with Crippen LogP contribution in [-0.4, -0.2) is 65.8 Å². The molecule has 1 atom stereocenters. The van der Waals surface area contributed by atoms with Crippen molar-refractivity contribution in [2.75, 3.05) is 27.3 Å². The number of pyridine rings is 2. The van der Waals surface area contributed by atoms with E-state index in [1.54, 1.807) is 40.1 Å². The predicted octanol–water partition coefficient (Wildman–Crippen LogP) is 8.12. The smallest absolute Gasteiger partial charge is 0.407 e. The zero-order valence-electron chi connectivity index (χ0n) is 29.2. The molecule has 1 fully saturated rings. The van der Waals surface area contributed by atoms with Crippen LogP contribution in [0.2, 0.25) is 15.1 Å². The van der Waals surface area contributed by atoms with Crippen LogP contribution >= 0.6 is 34.8 Å². The number of halogens is 3.